The molecule has 1 heterocycles. The minimum absolute atomic E-state index is 0.597. The second kappa shape index (κ2) is 5.35. The van der Waals surface area contributed by atoms with Crippen LogP contribution in [0, 0.1) is 12.8 Å². The van der Waals surface area contributed by atoms with E-state index in [2.05, 4.69) is 22.5 Å². The van der Waals surface area contributed by atoms with Gasteiger partial charge in [0.25, 0.3) is 0 Å². The van der Waals surface area contributed by atoms with Crippen LogP contribution in [0.3, 0.4) is 0 Å². The Morgan fingerprint density at radius 2 is 1.84 bits per heavy atom. The molecule has 1 aromatic rings. The summed E-state index contributed by atoms with van der Waals surface area (Å²) < 4.78 is 0. The molecule has 0 unspecified atom stereocenters. The zero-order valence-electron chi connectivity index (χ0n) is 12.0. The fourth-order valence-corrected chi connectivity index (χ4v) is 2.65. The van der Waals surface area contributed by atoms with Crippen LogP contribution in [-0.2, 0) is 0 Å². The van der Waals surface area contributed by atoms with Gasteiger partial charge in [-0.15, -0.1) is 0 Å². The standard InChI is InChI=1S/C15H24N4/c1-10-13(16-2)18-15(12-6-7-12)19-14(10)17-9-8-11-4-3-5-11/h11-12H,3-9H2,1-2H3,(H2,16,17,18,19). The van der Waals surface area contributed by atoms with Gasteiger partial charge < -0.3 is 10.6 Å². The number of nitrogens with one attached hydrogen (secondary N) is 2. The van der Waals surface area contributed by atoms with Crippen molar-refractivity contribution in [1.82, 2.24) is 9.97 Å². The Bertz CT molecular complexity index is 450. The lowest BCUT2D eigenvalue weighted by atomic mass is 9.83. The van der Waals surface area contributed by atoms with Gasteiger partial charge in [-0.2, -0.15) is 0 Å². The third-order valence-electron chi connectivity index (χ3n) is 4.41. The van der Waals surface area contributed by atoms with E-state index in [1.165, 1.54) is 38.5 Å². The summed E-state index contributed by atoms with van der Waals surface area (Å²) >= 11 is 0. The number of nitrogens with zero attached hydrogens (tertiary/aromatic N) is 2. The van der Waals surface area contributed by atoms with E-state index in [0.29, 0.717) is 5.92 Å². The first-order valence-corrected chi connectivity index (χ1v) is 7.58. The van der Waals surface area contributed by atoms with Crippen molar-refractivity contribution in [3.8, 4) is 0 Å². The van der Waals surface area contributed by atoms with Gasteiger partial charge in [0.05, 0.1) is 0 Å². The maximum absolute atomic E-state index is 4.72. The summed E-state index contributed by atoms with van der Waals surface area (Å²) in [6, 6.07) is 0. The van der Waals surface area contributed by atoms with Crippen molar-refractivity contribution in [2.75, 3.05) is 24.2 Å². The van der Waals surface area contributed by atoms with Crippen LogP contribution in [0.1, 0.15) is 55.8 Å². The van der Waals surface area contributed by atoms with E-state index in [-0.39, 0.29) is 0 Å². The van der Waals surface area contributed by atoms with Crippen molar-refractivity contribution < 1.29 is 0 Å². The molecule has 0 atom stereocenters. The lowest BCUT2D eigenvalue weighted by molar-refractivity contribution is 0.303. The number of anilines is 2. The van der Waals surface area contributed by atoms with E-state index >= 15 is 0 Å². The molecule has 19 heavy (non-hydrogen) atoms. The highest BCUT2D eigenvalue weighted by Crippen LogP contribution is 2.39. The lowest BCUT2D eigenvalue weighted by Gasteiger charge is -2.25. The maximum atomic E-state index is 4.72. The van der Waals surface area contributed by atoms with Gasteiger partial charge in [-0.05, 0) is 32.1 Å². The van der Waals surface area contributed by atoms with Gasteiger partial charge in [0, 0.05) is 25.1 Å². The van der Waals surface area contributed by atoms with Crippen molar-refractivity contribution >= 4 is 11.6 Å². The second-order valence-electron chi connectivity index (χ2n) is 5.94. The molecule has 104 valence electrons. The Labute approximate surface area is 115 Å². The quantitative estimate of drug-likeness (QED) is 0.824. The average molecular weight is 260 g/mol. The summed E-state index contributed by atoms with van der Waals surface area (Å²) in [4.78, 5) is 9.34. The van der Waals surface area contributed by atoms with Crippen LogP contribution < -0.4 is 10.6 Å². The highest BCUT2D eigenvalue weighted by atomic mass is 15.1. The van der Waals surface area contributed by atoms with E-state index in [0.717, 1.165) is 35.5 Å². The Morgan fingerprint density at radius 1 is 1.11 bits per heavy atom. The summed E-state index contributed by atoms with van der Waals surface area (Å²) in [7, 11) is 1.93. The molecule has 0 bridgehead atoms. The zero-order valence-corrected chi connectivity index (χ0v) is 12.0. The van der Waals surface area contributed by atoms with Gasteiger partial charge >= 0.3 is 0 Å². The smallest absolute Gasteiger partial charge is 0.136 e. The lowest BCUT2D eigenvalue weighted by Crippen LogP contribution is -2.17. The van der Waals surface area contributed by atoms with E-state index < -0.39 is 0 Å². The summed E-state index contributed by atoms with van der Waals surface area (Å²) in [5.74, 6) is 4.56. The summed E-state index contributed by atoms with van der Waals surface area (Å²) in [5.41, 5.74) is 1.14. The largest absolute Gasteiger partial charge is 0.373 e. The zero-order chi connectivity index (χ0) is 13.2. The van der Waals surface area contributed by atoms with Crippen LogP contribution >= 0.6 is 0 Å². The van der Waals surface area contributed by atoms with Crippen molar-refractivity contribution in [1.29, 1.82) is 0 Å². The Balaban J connectivity index is 1.68. The maximum Gasteiger partial charge on any atom is 0.136 e. The van der Waals surface area contributed by atoms with Gasteiger partial charge in [-0.25, -0.2) is 9.97 Å². The van der Waals surface area contributed by atoms with Gasteiger partial charge in [0.2, 0.25) is 0 Å². The van der Waals surface area contributed by atoms with Crippen LogP contribution in [0.15, 0.2) is 0 Å². The number of hydrogen-bond acceptors (Lipinski definition) is 4. The van der Waals surface area contributed by atoms with Crippen LogP contribution in [-0.4, -0.2) is 23.6 Å². The molecular formula is C15H24N4. The van der Waals surface area contributed by atoms with Gasteiger partial charge in [0.15, 0.2) is 0 Å². The molecule has 0 radical (unpaired) electrons. The number of hydrogen-bond donors (Lipinski definition) is 2. The molecule has 0 saturated heterocycles. The Hall–Kier alpha value is -1.32. The first-order valence-electron chi connectivity index (χ1n) is 7.58. The van der Waals surface area contributed by atoms with Gasteiger partial charge in [-0.3, -0.25) is 0 Å². The molecule has 0 aliphatic heterocycles. The second-order valence-corrected chi connectivity index (χ2v) is 5.94. The topological polar surface area (TPSA) is 49.8 Å². The van der Waals surface area contributed by atoms with Crippen LogP contribution in [0.5, 0.6) is 0 Å². The molecule has 0 aromatic carbocycles. The van der Waals surface area contributed by atoms with E-state index in [9.17, 15) is 0 Å². The minimum atomic E-state index is 0.597. The van der Waals surface area contributed by atoms with E-state index in [1.54, 1.807) is 0 Å². The van der Waals surface area contributed by atoms with Crippen molar-refractivity contribution in [3.63, 3.8) is 0 Å². The molecular weight excluding hydrogens is 236 g/mol. The Kier molecular flexibility index (Phi) is 3.58. The fraction of sp³-hybridized carbons (Fsp3) is 0.733. The number of aromatic nitrogens is 2. The molecule has 1 aromatic heterocycles. The van der Waals surface area contributed by atoms with Crippen LogP contribution in [0.4, 0.5) is 11.6 Å². The van der Waals surface area contributed by atoms with E-state index in [4.69, 9.17) is 4.98 Å². The van der Waals surface area contributed by atoms with Crippen LogP contribution in [0.25, 0.3) is 0 Å². The molecule has 2 saturated carbocycles. The monoisotopic (exact) mass is 260 g/mol. The van der Waals surface area contributed by atoms with Crippen molar-refractivity contribution in [3.05, 3.63) is 11.4 Å². The van der Waals surface area contributed by atoms with Crippen molar-refractivity contribution in [2.24, 2.45) is 5.92 Å². The van der Waals surface area contributed by atoms with Crippen LogP contribution in [0.2, 0.25) is 0 Å². The third kappa shape index (κ3) is 2.82. The van der Waals surface area contributed by atoms with Gasteiger partial charge in [-0.1, -0.05) is 19.3 Å². The Morgan fingerprint density at radius 3 is 2.42 bits per heavy atom. The molecule has 2 N–H and O–H groups in total. The number of rotatable bonds is 6. The molecule has 2 aliphatic rings. The predicted molar refractivity (Wildman–Crippen MR) is 78.7 cm³/mol. The molecule has 4 nitrogen and oxygen atoms in total. The summed E-state index contributed by atoms with van der Waals surface area (Å²) in [6.07, 6.45) is 8.02. The SMILES string of the molecule is CNc1nc(C2CC2)nc(NCCC2CCC2)c1C. The minimum Gasteiger partial charge on any atom is -0.373 e. The molecule has 4 heteroatoms. The molecule has 2 fully saturated rings. The average Bonchev–Trinajstić information content (AvgIpc) is 3.18. The normalized spacial score (nSPS) is 19.1. The molecule has 2 aliphatic carbocycles. The summed E-state index contributed by atoms with van der Waals surface area (Å²) in [5, 5.41) is 6.71. The van der Waals surface area contributed by atoms with E-state index in [1.807, 2.05) is 7.05 Å². The summed E-state index contributed by atoms with van der Waals surface area (Å²) in [6.45, 7) is 3.13. The first kappa shape index (κ1) is 12.7. The third-order valence-corrected chi connectivity index (χ3v) is 4.41. The highest BCUT2D eigenvalue weighted by molar-refractivity contribution is 5.57. The van der Waals surface area contributed by atoms with Crippen molar-refractivity contribution in [2.45, 2.75) is 51.4 Å². The molecule has 3 rings (SSSR count). The van der Waals surface area contributed by atoms with Gasteiger partial charge in [0.1, 0.15) is 17.5 Å². The fourth-order valence-electron chi connectivity index (χ4n) is 2.65. The molecule has 0 spiro atoms. The first-order chi connectivity index (χ1) is 9.28. The molecule has 0 amide bonds. The predicted octanol–water partition coefficient (Wildman–Crippen LogP) is 3.31. The highest BCUT2D eigenvalue weighted by Gasteiger charge is 2.28.